The van der Waals surface area contributed by atoms with Crippen molar-refractivity contribution < 1.29 is 28.2 Å². The van der Waals surface area contributed by atoms with Gasteiger partial charge in [0.1, 0.15) is 5.75 Å². The zero-order chi connectivity index (χ0) is 14.5. The first-order valence-electron chi connectivity index (χ1n) is 6.17. The molecule has 2 rings (SSSR count). The number of ether oxygens (including phenoxy) is 2. The number of rotatable bonds is 4. The molecule has 1 heterocycles. The van der Waals surface area contributed by atoms with E-state index in [1.165, 1.54) is 23.1 Å². The number of amides is 1. The van der Waals surface area contributed by atoms with Gasteiger partial charge >= 0.3 is 6.61 Å². The molecule has 1 saturated heterocycles. The van der Waals surface area contributed by atoms with Crippen LogP contribution in [0.4, 0.5) is 8.78 Å². The second-order valence-corrected chi connectivity index (χ2v) is 4.28. The highest BCUT2D eigenvalue weighted by Gasteiger charge is 2.29. The Bertz CT molecular complexity index is 469. The summed E-state index contributed by atoms with van der Waals surface area (Å²) in [6.07, 6.45) is 0. The third kappa shape index (κ3) is 3.23. The second kappa shape index (κ2) is 6.62. The summed E-state index contributed by atoms with van der Waals surface area (Å²) in [6, 6.07) is 5.34. The van der Waals surface area contributed by atoms with Gasteiger partial charge in [-0.25, -0.2) is 0 Å². The SMILES string of the molecule is O=C(c1ccccc1OC(F)F)N1CCOCC1CO. The smallest absolute Gasteiger partial charge is 0.387 e. The monoisotopic (exact) mass is 287 g/mol. The number of hydrogen-bond acceptors (Lipinski definition) is 4. The van der Waals surface area contributed by atoms with Gasteiger partial charge in [0.15, 0.2) is 0 Å². The number of benzene rings is 1. The van der Waals surface area contributed by atoms with Crippen LogP contribution in [0.2, 0.25) is 0 Å². The van der Waals surface area contributed by atoms with Crippen LogP contribution in [0.5, 0.6) is 5.75 Å². The second-order valence-electron chi connectivity index (χ2n) is 4.28. The average molecular weight is 287 g/mol. The Balaban J connectivity index is 2.23. The number of carbonyl (C=O) groups excluding carboxylic acids is 1. The summed E-state index contributed by atoms with van der Waals surface area (Å²) in [4.78, 5) is 13.8. The summed E-state index contributed by atoms with van der Waals surface area (Å²) in [7, 11) is 0. The van der Waals surface area contributed by atoms with Gasteiger partial charge in [-0.1, -0.05) is 12.1 Å². The minimum absolute atomic E-state index is 0.0492. The van der Waals surface area contributed by atoms with Crippen molar-refractivity contribution >= 4 is 5.91 Å². The van der Waals surface area contributed by atoms with Gasteiger partial charge in [0.05, 0.1) is 31.4 Å². The third-order valence-corrected chi connectivity index (χ3v) is 3.03. The highest BCUT2D eigenvalue weighted by molar-refractivity contribution is 5.97. The summed E-state index contributed by atoms with van der Waals surface area (Å²) >= 11 is 0. The first kappa shape index (κ1) is 14.7. The van der Waals surface area contributed by atoms with Crippen molar-refractivity contribution in [2.24, 2.45) is 0 Å². The number of halogens is 2. The molecule has 1 aliphatic rings. The lowest BCUT2D eigenvalue weighted by atomic mass is 10.1. The van der Waals surface area contributed by atoms with Crippen LogP contribution < -0.4 is 4.74 Å². The lowest BCUT2D eigenvalue weighted by Gasteiger charge is -2.34. The molecule has 1 aliphatic heterocycles. The Labute approximate surface area is 114 Å². The molecule has 1 fully saturated rings. The topological polar surface area (TPSA) is 59.0 Å². The fraction of sp³-hybridized carbons (Fsp3) is 0.462. The Hall–Kier alpha value is -1.73. The fourth-order valence-electron chi connectivity index (χ4n) is 2.07. The van der Waals surface area contributed by atoms with E-state index in [4.69, 9.17) is 4.74 Å². The van der Waals surface area contributed by atoms with E-state index in [1.54, 1.807) is 6.07 Å². The van der Waals surface area contributed by atoms with Crippen LogP contribution in [0.1, 0.15) is 10.4 Å². The number of aliphatic hydroxyl groups excluding tert-OH is 1. The van der Waals surface area contributed by atoms with E-state index in [9.17, 15) is 18.7 Å². The summed E-state index contributed by atoms with van der Waals surface area (Å²) in [6.45, 7) is -2.38. The maximum atomic E-state index is 12.4. The number of morpholine rings is 1. The van der Waals surface area contributed by atoms with Crippen LogP contribution in [-0.4, -0.2) is 54.9 Å². The van der Waals surface area contributed by atoms with Gasteiger partial charge in [0.25, 0.3) is 5.91 Å². The van der Waals surface area contributed by atoms with Gasteiger partial charge in [0, 0.05) is 6.54 Å². The maximum absolute atomic E-state index is 12.4. The molecule has 1 N–H and O–H groups in total. The first-order valence-corrected chi connectivity index (χ1v) is 6.17. The van der Waals surface area contributed by atoms with Gasteiger partial charge in [-0.2, -0.15) is 8.78 Å². The molecule has 1 unspecified atom stereocenters. The highest BCUT2D eigenvalue weighted by Crippen LogP contribution is 2.23. The molecule has 0 spiro atoms. The van der Waals surface area contributed by atoms with E-state index in [0.717, 1.165) is 0 Å². The highest BCUT2D eigenvalue weighted by atomic mass is 19.3. The lowest BCUT2D eigenvalue weighted by Crippen LogP contribution is -2.50. The van der Waals surface area contributed by atoms with Crippen molar-refractivity contribution in [3.05, 3.63) is 29.8 Å². The molecular formula is C13H15F2NO4. The zero-order valence-electron chi connectivity index (χ0n) is 10.7. The van der Waals surface area contributed by atoms with E-state index in [2.05, 4.69) is 4.74 Å². The third-order valence-electron chi connectivity index (χ3n) is 3.03. The Morgan fingerprint density at radius 1 is 1.50 bits per heavy atom. The summed E-state index contributed by atoms with van der Waals surface area (Å²) in [5.41, 5.74) is 0.0492. The molecule has 1 atom stereocenters. The van der Waals surface area contributed by atoms with Crippen molar-refractivity contribution in [3.8, 4) is 5.75 Å². The number of alkyl halides is 2. The molecule has 1 aromatic rings. The molecule has 20 heavy (non-hydrogen) atoms. The van der Waals surface area contributed by atoms with E-state index >= 15 is 0 Å². The predicted molar refractivity (Wildman–Crippen MR) is 65.8 cm³/mol. The zero-order valence-corrected chi connectivity index (χ0v) is 10.7. The average Bonchev–Trinajstić information content (AvgIpc) is 2.46. The van der Waals surface area contributed by atoms with E-state index < -0.39 is 18.6 Å². The van der Waals surface area contributed by atoms with Gasteiger partial charge < -0.3 is 19.5 Å². The molecule has 1 amide bonds. The molecule has 0 aliphatic carbocycles. The summed E-state index contributed by atoms with van der Waals surface area (Å²) in [5.74, 6) is -0.626. The van der Waals surface area contributed by atoms with Crippen LogP contribution >= 0.6 is 0 Å². The van der Waals surface area contributed by atoms with Crippen molar-refractivity contribution in [3.63, 3.8) is 0 Å². The standard InChI is InChI=1S/C13H15F2NO4/c14-13(15)20-11-4-2-1-3-10(11)12(18)16-5-6-19-8-9(16)7-17/h1-4,9,13,17H,5-8H2. The van der Waals surface area contributed by atoms with Crippen LogP contribution in [0, 0.1) is 0 Å². The molecule has 0 bridgehead atoms. The van der Waals surface area contributed by atoms with Gasteiger partial charge in [-0.3, -0.25) is 4.79 Å². The van der Waals surface area contributed by atoms with Gasteiger partial charge in [-0.15, -0.1) is 0 Å². The van der Waals surface area contributed by atoms with E-state index in [-0.39, 0.29) is 24.5 Å². The normalized spacial score (nSPS) is 19.2. The number of aliphatic hydroxyl groups is 1. The number of hydrogen-bond donors (Lipinski definition) is 1. The van der Waals surface area contributed by atoms with Crippen LogP contribution in [-0.2, 0) is 4.74 Å². The van der Waals surface area contributed by atoms with Crippen LogP contribution in [0.15, 0.2) is 24.3 Å². The van der Waals surface area contributed by atoms with Gasteiger partial charge in [0.2, 0.25) is 0 Å². The summed E-state index contributed by atoms with van der Waals surface area (Å²) in [5, 5.41) is 9.25. The molecule has 0 radical (unpaired) electrons. The Kier molecular flexibility index (Phi) is 4.86. The molecule has 110 valence electrons. The minimum Gasteiger partial charge on any atom is -0.434 e. The Morgan fingerprint density at radius 2 is 2.25 bits per heavy atom. The summed E-state index contributed by atoms with van der Waals surface area (Å²) < 4.78 is 34.2. The van der Waals surface area contributed by atoms with Gasteiger partial charge in [-0.05, 0) is 12.1 Å². The molecule has 7 heteroatoms. The number of carbonyl (C=O) groups is 1. The lowest BCUT2D eigenvalue weighted by molar-refractivity contribution is -0.0508. The largest absolute Gasteiger partial charge is 0.434 e. The first-order chi connectivity index (χ1) is 9.63. The van der Waals surface area contributed by atoms with Crippen LogP contribution in [0.3, 0.4) is 0 Å². The number of para-hydroxylation sites is 1. The van der Waals surface area contributed by atoms with E-state index in [0.29, 0.717) is 13.2 Å². The maximum Gasteiger partial charge on any atom is 0.387 e. The van der Waals surface area contributed by atoms with Crippen molar-refractivity contribution in [1.82, 2.24) is 4.90 Å². The quantitative estimate of drug-likeness (QED) is 0.901. The number of nitrogens with zero attached hydrogens (tertiary/aromatic N) is 1. The molecule has 1 aromatic carbocycles. The van der Waals surface area contributed by atoms with Crippen molar-refractivity contribution in [2.75, 3.05) is 26.4 Å². The van der Waals surface area contributed by atoms with E-state index in [1.807, 2.05) is 0 Å². The van der Waals surface area contributed by atoms with Crippen molar-refractivity contribution in [2.45, 2.75) is 12.7 Å². The molecular weight excluding hydrogens is 272 g/mol. The molecule has 5 nitrogen and oxygen atoms in total. The van der Waals surface area contributed by atoms with Crippen LogP contribution in [0.25, 0.3) is 0 Å². The molecule has 0 aromatic heterocycles. The minimum atomic E-state index is -3.00. The fourth-order valence-corrected chi connectivity index (χ4v) is 2.07. The Morgan fingerprint density at radius 3 is 2.95 bits per heavy atom. The predicted octanol–water partition coefficient (Wildman–Crippen LogP) is 1.12. The molecule has 0 saturated carbocycles. The van der Waals surface area contributed by atoms with Crippen molar-refractivity contribution in [1.29, 1.82) is 0 Å².